The van der Waals surface area contributed by atoms with Crippen LogP contribution in [0.25, 0.3) is 0 Å². The van der Waals surface area contributed by atoms with Crippen molar-refractivity contribution >= 4 is 52.7 Å². The molecule has 0 unspecified atom stereocenters. The number of nitrogens with one attached hydrogen (secondary N) is 1. The zero-order valence-electron chi connectivity index (χ0n) is 18.2. The Kier molecular flexibility index (Phi) is 8.62. The standard InChI is InChI=1S/C25H16Cl2N2O7/c26-17-10-4-2-8-15(17)24(33)35-20(22(30)29-19-12-6-1-7-14(19)13-28)21(23(31)32)36-25(34)16-9-3-5-11-18(16)27/h1-12,20-21H,(H,29,30)(H,31,32)/t20-,21-/m0/s1. The van der Waals surface area contributed by atoms with Crippen molar-refractivity contribution in [3.63, 3.8) is 0 Å². The van der Waals surface area contributed by atoms with Crippen molar-refractivity contribution in [2.45, 2.75) is 12.2 Å². The molecule has 0 bridgehead atoms. The molecule has 0 heterocycles. The third kappa shape index (κ3) is 6.18. The molecule has 0 aliphatic heterocycles. The first-order valence-corrected chi connectivity index (χ1v) is 10.9. The van der Waals surface area contributed by atoms with Crippen molar-refractivity contribution in [3.8, 4) is 6.07 Å². The van der Waals surface area contributed by atoms with Crippen molar-refractivity contribution in [2.24, 2.45) is 0 Å². The third-order valence-electron chi connectivity index (χ3n) is 4.74. The van der Waals surface area contributed by atoms with Crippen LogP contribution < -0.4 is 5.32 Å². The van der Waals surface area contributed by atoms with Gasteiger partial charge in [-0.1, -0.05) is 59.6 Å². The first-order valence-electron chi connectivity index (χ1n) is 10.2. The number of rotatable bonds is 8. The van der Waals surface area contributed by atoms with Crippen LogP contribution in [-0.4, -0.2) is 41.1 Å². The van der Waals surface area contributed by atoms with Gasteiger partial charge in [0.1, 0.15) is 6.07 Å². The molecule has 182 valence electrons. The number of anilines is 1. The van der Waals surface area contributed by atoms with Crippen molar-refractivity contribution in [1.82, 2.24) is 0 Å². The van der Waals surface area contributed by atoms with Crippen LogP contribution in [0.3, 0.4) is 0 Å². The quantitative estimate of drug-likeness (QED) is 0.412. The minimum Gasteiger partial charge on any atom is -0.478 e. The maximum Gasteiger partial charge on any atom is 0.349 e. The van der Waals surface area contributed by atoms with Gasteiger partial charge in [0.05, 0.1) is 32.4 Å². The number of ether oxygens (including phenoxy) is 2. The van der Waals surface area contributed by atoms with E-state index in [0.717, 1.165) is 0 Å². The monoisotopic (exact) mass is 526 g/mol. The number of amides is 1. The highest BCUT2D eigenvalue weighted by Gasteiger charge is 2.41. The van der Waals surface area contributed by atoms with E-state index in [9.17, 15) is 29.5 Å². The Bertz CT molecular complexity index is 1370. The molecular formula is C25H16Cl2N2O7. The average Bonchev–Trinajstić information content (AvgIpc) is 2.86. The summed E-state index contributed by atoms with van der Waals surface area (Å²) in [4.78, 5) is 50.7. The molecule has 9 nitrogen and oxygen atoms in total. The van der Waals surface area contributed by atoms with Gasteiger partial charge in [-0.3, -0.25) is 4.79 Å². The van der Waals surface area contributed by atoms with E-state index in [1.165, 1.54) is 54.6 Å². The summed E-state index contributed by atoms with van der Waals surface area (Å²) >= 11 is 12.0. The van der Waals surface area contributed by atoms with Crippen LogP contribution >= 0.6 is 23.2 Å². The number of para-hydroxylation sites is 1. The second-order valence-corrected chi connectivity index (χ2v) is 7.91. The fourth-order valence-electron chi connectivity index (χ4n) is 3.00. The second-order valence-electron chi connectivity index (χ2n) is 7.10. The van der Waals surface area contributed by atoms with Gasteiger partial charge in [-0.25, -0.2) is 14.4 Å². The number of aliphatic carboxylic acids is 1. The van der Waals surface area contributed by atoms with E-state index in [2.05, 4.69) is 5.32 Å². The number of carboxylic acids is 1. The van der Waals surface area contributed by atoms with Crippen LogP contribution in [0.4, 0.5) is 5.69 Å². The van der Waals surface area contributed by atoms with E-state index in [0.29, 0.717) is 0 Å². The summed E-state index contributed by atoms with van der Waals surface area (Å²) in [6, 6.07) is 19.1. The number of carboxylic acid groups (broad SMARTS) is 1. The molecule has 11 heteroatoms. The van der Waals surface area contributed by atoms with Crippen LogP contribution in [0.1, 0.15) is 26.3 Å². The van der Waals surface area contributed by atoms with E-state index in [4.69, 9.17) is 32.7 Å². The lowest BCUT2D eigenvalue weighted by atomic mass is 10.1. The van der Waals surface area contributed by atoms with Gasteiger partial charge < -0.3 is 19.9 Å². The zero-order valence-corrected chi connectivity index (χ0v) is 19.7. The van der Waals surface area contributed by atoms with Crippen molar-refractivity contribution in [1.29, 1.82) is 5.26 Å². The fraction of sp³-hybridized carbons (Fsp3) is 0.0800. The van der Waals surface area contributed by atoms with E-state index < -0.39 is 36.0 Å². The Morgan fingerprint density at radius 3 is 1.75 bits per heavy atom. The number of carbonyl (C=O) groups is 4. The lowest BCUT2D eigenvalue weighted by Gasteiger charge is -2.24. The van der Waals surface area contributed by atoms with Gasteiger partial charge in [0, 0.05) is 0 Å². The SMILES string of the molecule is N#Cc1ccccc1NC(=O)[C@@H](OC(=O)c1ccccc1Cl)[C@H](OC(=O)c1ccccc1Cl)C(=O)O. The lowest BCUT2D eigenvalue weighted by Crippen LogP contribution is -2.48. The summed E-state index contributed by atoms with van der Waals surface area (Å²) in [7, 11) is 0. The summed E-state index contributed by atoms with van der Waals surface area (Å²) in [5.41, 5.74) is -0.250. The number of benzene rings is 3. The number of nitriles is 1. The predicted octanol–water partition coefficient (Wildman–Crippen LogP) is 4.34. The number of carbonyl (C=O) groups excluding carboxylic acids is 3. The van der Waals surface area contributed by atoms with Gasteiger partial charge in [-0.05, 0) is 36.4 Å². The fourth-order valence-corrected chi connectivity index (χ4v) is 3.42. The predicted molar refractivity (Wildman–Crippen MR) is 129 cm³/mol. The summed E-state index contributed by atoms with van der Waals surface area (Å²) in [5.74, 6) is -5.26. The van der Waals surface area contributed by atoms with E-state index in [1.807, 2.05) is 6.07 Å². The molecular weight excluding hydrogens is 511 g/mol. The second kappa shape index (κ2) is 11.8. The summed E-state index contributed by atoms with van der Waals surface area (Å²) in [6.45, 7) is 0. The molecule has 3 aromatic rings. The van der Waals surface area contributed by atoms with E-state index in [-0.39, 0.29) is 32.4 Å². The van der Waals surface area contributed by atoms with Gasteiger partial charge in [0.2, 0.25) is 12.2 Å². The van der Waals surface area contributed by atoms with Crippen LogP contribution in [0.2, 0.25) is 10.0 Å². The third-order valence-corrected chi connectivity index (χ3v) is 5.40. The zero-order chi connectivity index (χ0) is 26.2. The Morgan fingerprint density at radius 1 is 0.778 bits per heavy atom. The Morgan fingerprint density at radius 2 is 1.25 bits per heavy atom. The molecule has 0 aliphatic carbocycles. The molecule has 0 aliphatic rings. The molecule has 0 spiro atoms. The Balaban J connectivity index is 1.98. The molecule has 0 fully saturated rings. The first-order chi connectivity index (χ1) is 17.2. The summed E-state index contributed by atoms with van der Waals surface area (Å²) < 4.78 is 10.3. The number of halogens is 2. The van der Waals surface area contributed by atoms with Crippen LogP contribution in [0, 0.1) is 11.3 Å². The molecule has 0 saturated carbocycles. The van der Waals surface area contributed by atoms with Crippen molar-refractivity contribution in [2.75, 3.05) is 5.32 Å². The topological polar surface area (TPSA) is 143 Å². The Labute approximate surface area is 214 Å². The summed E-state index contributed by atoms with van der Waals surface area (Å²) in [5, 5.41) is 21.4. The van der Waals surface area contributed by atoms with Crippen molar-refractivity contribution < 1.29 is 33.8 Å². The molecule has 36 heavy (non-hydrogen) atoms. The van der Waals surface area contributed by atoms with Gasteiger partial charge in [0.15, 0.2) is 0 Å². The number of hydrogen-bond acceptors (Lipinski definition) is 7. The summed E-state index contributed by atoms with van der Waals surface area (Å²) in [6.07, 6.45) is -4.46. The van der Waals surface area contributed by atoms with Gasteiger partial charge >= 0.3 is 17.9 Å². The van der Waals surface area contributed by atoms with Crippen molar-refractivity contribution in [3.05, 3.63) is 99.5 Å². The molecule has 3 aromatic carbocycles. The van der Waals surface area contributed by atoms with Crippen LogP contribution in [-0.2, 0) is 19.1 Å². The molecule has 1 amide bonds. The molecule has 3 rings (SSSR count). The Hall–Kier alpha value is -4.39. The smallest absolute Gasteiger partial charge is 0.349 e. The average molecular weight is 527 g/mol. The van der Waals surface area contributed by atoms with Gasteiger partial charge in [-0.15, -0.1) is 0 Å². The highest BCUT2D eigenvalue weighted by atomic mass is 35.5. The van der Waals surface area contributed by atoms with Gasteiger partial charge in [0.25, 0.3) is 5.91 Å². The van der Waals surface area contributed by atoms with Gasteiger partial charge in [-0.2, -0.15) is 5.26 Å². The molecule has 0 radical (unpaired) electrons. The minimum atomic E-state index is -2.28. The molecule has 0 saturated heterocycles. The molecule has 2 N–H and O–H groups in total. The molecule has 2 atom stereocenters. The largest absolute Gasteiger partial charge is 0.478 e. The lowest BCUT2D eigenvalue weighted by molar-refractivity contribution is -0.157. The maximum absolute atomic E-state index is 13.2. The highest BCUT2D eigenvalue weighted by Crippen LogP contribution is 2.22. The number of nitrogens with zero attached hydrogens (tertiary/aromatic N) is 1. The van der Waals surface area contributed by atoms with Crippen LogP contribution in [0.5, 0.6) is 0 Å². The normalized spacial score (nSPS) is 11.9. The van der Waals surface area contributed by atoms with E-state index in [1.54, 1.807) is 18.2 Å². The molecule has 0 aromatic heterocycles. The highest BCUT2D eigenvalue weighted by molar-refractivity contribution is 6.34. The van der Waals surface area contributed by atoms with Crippen LogP contribution in [0.15, 0.2) is 72.8 Å². The first kappa shape index (κ1) is 26.2. The number of hydrogen-bond donors (Lipinski definition) is 2. The maximum atomic E-state index is 13.2. The number of esters is 2. The van der Waals surface area contributed by atoms with E-state index >= 15 is 0 Å². The minimum absolute atomic E-state index is 0.0172.